The van der Waals surface area contributed by atoms with E-state index in [-0.39, 0.29) is 29.8 Å². The van der Waals surface area contributed by atoms with Gasteiger partial charge >= 0.3 is 5.97 Å². The Balaban J connectivity index is 3.02. The summed E-state index contributed by atoms with van der Waals surface area (Å²) in [6, 6.07) is -1.66. The molecule has 1 heterocycles. The predicted molar refractivity (Wildman–Crippen MR) is 82.2 cm³/mol. The number of carboxylic acids is 1. The number of nitrogens with one attached hydrogen (secondary N) is 3. The van der Waals surface area contributed by atoms with Gasteiger partial charge in [-0.3, -0.25) is 19.7 Å². The third-order valence-electron chi connectivity index (χ3n) is 3.98. The number of amides is 2. The molecule has 7 heteroatoms. The summed E-state index contributed by atoms with van der Waals surface area (Å²) in [6.07, 6.45) is 2.73. The quantitative estimate of drug-likeness (QED) is 0.496. The summed E-state index contributed by atoms with van der Waals surface area (Å²) in [5, 5.41) is 17.9. The van der Waals surface area contributed by atoms with Crippen molar-refractivity contribution >= 4 is 17.8 Å². The summed E-state index contributed by atoms with van der Waals surface area (Å²) in [4.78, 5) is 34.1. The van der Waals surface area contributed by atoms with Crippen LogP contribution < -0.4 is 16.0 Å². The second kappa shape index (κ2) is 7.93. The molecular weight excluding hydrogens is 286 g/mol. The smallest absolute Gasteiger partial charge is 0.320 e. The second-order valence-electron chi connectivity index (χ2n) is 5.66. The lowest BCUT2D eigenvalue weighted by Gasteiger charge is -2.34. The van der Waals surface area contributed by atoms with Crippen molar-refractivity contribution in [1.82, 2.24) is 16.0 Å². The first-order chi connectivity index (χ1) is 10.3. The van der Waals surface area contributed by atoms with Crippen LogP contribution in [0.3, 0.4) is 0 Å². The largest absolute Gasteiger partial charge is 0.480 e. The molecule has 7 nitrogen and oxygen atoms in total. The topological polar surface area (TPSA) is 108 Å². The van der Waals surface area contributed by atoms with Gasteiger partial charge in [-0.25, -0.2) is 0 Å². The molecule has 0 aromatic carbocycles. The van der Waals surface area contributed by atoms with Crippen LogP contribution in [0.25, 0.3) is 0 Å². The van der Waals surface area contributed by atoms with Gasteiger partial charge in [0.25, 0.3) is 0 Å². The van der Waals surface area contributed by atoms with E-state index >= 15 is 0 Å². The van der Waals surface area contributed by atoms with Gasteiger partial charge in [-0.1, -0.05) is 13.0 Å². The average Bonchev–Trinajstić information content (AvgIpc) is 2.86. The standard InChI is InChI=1S/C15H25N3O4/c1-5-10-7-12(15(21)22)18-13(10)14(17-9(4)20)11(6-2)16-8(3)19/h5,10-14,18H,1,6-7H2,2-4H3,(H,16,19)(H,17,20)(H,21,22)/t10-,11?,12-,13-,14?/m1/s1. The van der Waals surface area contributed by atoms with Gasteiger partial charge in [-0.2, -0.15) is 0 Å². The van der Waals surface area contributed by atoms with E-state index in [1.54, 1.807) is 6.08 Å². The molecule has 0 spiro atoms. The molecule has 124 valence electrons. The SMILES string of the molecule is C=C[C@@H]1C[C@H](C(=O)O)N[C@H]1C(NC(C)=O)C(CC)NC(C)=O. The van der Waals surface area contributed by atoms with E-state index in [0.717, 1.165) is 0 Å². The van der Waals surface area contributed by atoms with Gasteiger partial charge in [0.15, 0.2) is 0 Å². The monoisotopic (exact) mass is 311 g/mol. The van der Waals surface area contributed by atoms with Gasteiger partial charge in [-0.15, -0.1) is 6.58 Å². The third-order valence-corrected chi connectivity index (χ3v) is 3.98. The van der Waals surface area contributed by atoms with Crippen LogP contribution in [0.2, 0.25) is 0 Å². The fourth-order valence-corrected chi connectivity index (χ4v) is 3.01. The molecule has 0 aromatic rings. The Bertz CT molecular complexity index is 452. The molecule has 5 atom stereocenters. The Morgan fingerprint density at radius 3 is 2.32 bits per heavy atom. The zero-order valence-electron chi connectivity index (χ0n) is 13.3. The van der Waals surface area contributed by atoms with Crippen molar-refractivity contribution in [2.45, 2.75) is 57.8 Å². The van der Waals surface area contributed by atoms with E-state index in [2.05, 4.69) is 22.5 Å². The van der Waals surface area contributed by atoms with Crippen LogP contribution in [0.15, 0.2) is 12.7 Å². The molecule has 0 saturated carbocycles. The van der Waals surface area contributed by atoms with Crippen molar-refractivity contribution in [3.8, 4) is 0 Å². The highest BCUT2D eigenvalue weighted by atomic mass is 16.4. The van der Waals surface area contributed by atoms with Crippen molar-refractivity contribution in [3.05, 3.63) is 12.7 Å². The maximum Gasteiger partial charge on any atom is 0.320 e. The predicted octanol–water partition coefficient (Wildman–Crippen LogP) is 0.0231. The van der Waals surface area contributed by atoms with Gasteiger partial charge < -0.3 is 15.7 Å². The lowest BCUT2D eigenvalue weighted by atomic mass is 9.88. The van der Waals surface area contributed by atoms with Crippen molar-refractivity contribution in [2.75, 3.05) is 0 Å². The number of aliphatic carboxylic acids is 1. The number of hydrogen-bond acceptors (Lipinski definition) is 4. The molecule has 1 rings (SSSR count). The molecule has 0 radical (unpaired) electrons. The Labute approximate surface area is 130 Å². The Morgan fingerprint density at radius 2 is 1.91 bits per heavy atom. The minimum Gasteiger partial charge on any atom is -0.480 e. The van der Waals surface area contributed by atoms with E-state index in [9.17, 15) is 19.5 Å². The van der Waals surface area contributed by atoms with E-state index in [1.807, 2.05) is 6.92 Å². The van der Waals surface area contributed by atoms with Crippen molar-refractivity contribution in [2.24, 2.45) is 5.92 Å². The van der Waals surface area contributed by atoms with E-state index < -0.39 is 18.1 Å². The highest BCUT2D eigenvalue weighted by Gasteiger charge is 2.42. The summed E-state index contributed by atoms with van der Waals surface area (Å²) in [6.45, 7) is 8.49. The first kappa shape index (κ1) is 18.2. The third kappa shape index (κ3) is 4.56. The lowest BCUT2D eigenvalue weighted by Crippen LogP contribution is -2.60. The molecular formula is C15H25N3O4. The number of carbonyl (C=O) groups is 3. The van der Waals surface area contributed by atoms with Gasteiger partial charge in [0.1, 0.15) is 6.04 Å². The fourth-order valence-electron chi connectivity index (χ4n) is 3.01. The molecule has 4 N–H and O–H groups in total. The Kier molecular flexibility index (Phi) is 6.55. The second-order valence-corrected chi connectivity index (χ2v) is 5.66. The van der Waals surface area contributed by atoms with Gasteiger partial charge in [0.05, 0.1) is 12.1 Å². The van der Waals surface area contributed by atoms with Crippen LogP contribution >= 0.6 is 0 Å². The molecule has 1 fully saturated rings. The number of hydrogen-bond donors (Lipinski definition) is 4. The molecule has 2 amide bonds. The Hall–Kier alpha value is -1.89. The maximum absolute atomic E-state index is 11.5. The normalized spacial score (nSPS) is 26.8. The van der Waals surface area contributed by atoms with Crippen LogP contribution in [-0.2, 0) is 14.4 Å². The van der Waals surface area contributed by atoms with E-state index in [1.165, 1.54) is 13.8 Å². The van der Waals surface area contributed by atoms with E-state index in [4.69, 9.17) is 0 Å². The van der Waals surface area contributed by atoms with E-state index in [0.29, 0.717) is 12.8 Å². The fraction of sp³-hybridized carbons (Fsp3) is 0.667. The zero-order chi connectivity index (χ0) is 16.9. The summed E-state index contributed by atoms with van der Waals surface area (Å²) in [5.74, 6) is -1.44. The summed E-state index contributed by atoms with van der Waals surface area (Å²) >= 11 is 0. The van der Waals surface area contributed by atoms with Gasteiger partial charge in [0.2, 0.25) is 11.8 Å². The van der Waals surface area contributed by atoms with Crippen molar-refractivity contribution < 1.29 is 19.5 Å². The summed E-state index contributed by atoms with van der Waals surface area (Å²) in [5.41, 5.74) is 0. The number of rotatable bonds is 7. The minimum atomic E-state index is -0.927. The van der Waals surface area contributed by atoms with Gasteiger partial charge in [0, 0.05) is 19.9 Å². The molecule has 0 aliphatic carbocycles. The summed E-state index contributed by atoms with van der Waals surface area (Å²) < 4.78 is 0. The van der Waals surface area contributed by atoms with Crippen LogP contribution in [-0.4, -0.2) is 47.1 Å². The molecule has 1 saturated heterocycles. The highest BCUT2D eigenvalue weighted by Crippen LogP contribution is 2.26. The highest BCUT2D eigenvalue weighted by molar-refractivity contribution is 5.76. The van der Waals surface area contributed by atoms with Crippen molar-refractivity contribution in [1.29, 1.82) is 0 Å². The number of carbonyl (C=O) groups excluding carboxylic acids is 2. The maximum atomic E-state index is 11.5. The molecule has 0 aromatic heterocycles. The first-order valence-electron chi connectivity index (χ1n) is 7.45. The summed E-state index contributed by atoms with van der Waals surface area (Å²) in [7, 11) is 0. The number of carboxylic acid groups (broad SMARTS) is 1. The molecule has 22 heavy (non-hydrogen) atoms. The zero-order valence-corrected chi connectivity index (χ0v) is 13.3. The van der Waals surface area contributed by atoms with Crippen LogP contribution in [0.1, 0.15) is 33.6 Å². The first-order valence-corrected chi connectivity index (χ1v) is 7.45. The lowest BCUT2D eigenvalue weighted by molar-refractivity contribution is -0.139. The van der Waals surface area contributed by atoms with Crippen molar-refractivity contribution in [3.63, 3.8) is 0 Å². The molecule has 1 aliphatic heterocycles. The van der Waals surface area contributed by atoms with Crippen LogP contribution in [0, 0.1) is 5.92 Å². The molecule has 2 unspecified atom stereocenters. The minimum absolute atomic E-state index is 0.0965. The molecule has 0 bridgehead atoms. The average molecular weight is 311 g/mol. The molecule has 1 aliphatic rings. The van der Waals surface area contributed by atoms with Gasteiger partial charge in [-0.05, 0) is 18.8 Å². The van der Waals surface area contributed by atoms with Crippen LogP contribution in [0.5, 0.6) is 0 Å². The Morgan fingerprint density at radius 1 is 1.32 bits per heavy atom. The van der Waals surface area contributed by atoms with Crippen LogP contribution in [0.4, 0.5) is 0 Å².